The Morgan fingerprint density at radius 2 is 1.51 bits per heavy atom. The third-order valence-corrected chi connectivity index (χ3v) is 9.19. The summed E-state index contributed by atoms with van der Waals surface area (Å²) in [6.07, 6.45) is 6.81. The summed E-state index contributed by atoms with van der Waals surface area (Å²) in [6.45, 7) is 12.6. The summed E-state index contributed by atoms with van der Waals surface area (Å²) in [5.41, 5.74) is 6.32. The van der Waals surface area contributed by atoms with Crippen molar-refractivity contribution in [1.29, 1.82) is 0 Å². The first kappa shape index (κ1) is 34.2. The molecule has 2 heterocycles. The number of ketones is 1. The molecule has 1 aliphatic carbocycles. The van der Waals surface area contributed by atoms with Crippen LogP contribution in [0.5, 0.6) is 0 Å². The number of rotatable bonds is 8. The topological polar surface area (TPSA) is 63.1 Å². The van der Waals surface area contributed by atoms with E-state index in [0.717, 1.165) is 64.7 Å². The number of hydrogen-bond acceptors (Lipinski definition) is 4. The number of benzene rings is 3. The van der Waals surface area contributed by atoms with Crippen molar-refractivity contribution >= 4 is 27.3 Å². The van der Waals surface area contributed by atoms with Gasteiger partial charge in [-0.2, -0.15) is 0 Å². The zero-order chi connectivity index (χ0) is 31.4. The van der Waals surface area contributed by atoms with Gasteiger partial charge in [0.2, 0.25) is 0 Å². The van der Waals surface area contributed by atoms with Crippen LogP contribution in [0.3, 0.4) is 0 Å². The van der Waals surface area contributed by atoms with Gasteiger partial charge in [-0.1, -0.05) is 107 Å². The molecule has 0 spiro atoms. The molecule has 2 aromatic heterocycles. The molecule has 5 heteroatoms. The molecule has 1 aliphatic rings. The molecule has 45 heavy (non-hydrogen) atoms. The standard InChI is InChI=1S/C27H19N2.C13H24O2.Ir/c1-27(2)22-15-19-11-7-6-10-18(19)14-21(22)25-24-20(12-13-28-25)16-23(29-26(24)27)17-8-4-3-5-9-17;1-5-10(6-2)12(14)9-13(15)11(7-3)8-4;/h3-13,15-16H,1-2H3;9-11,14H,5-8H2,1-4H3;/q-1;;/b;12-9-;. The molecule has 0 saturated carbocycles. The molecule has 0 atom stereocenters. The van der Waals surface area contributed by atoms with Crippen LogP contribution in [0.15, 0.2) is 90.8 Å². The van der Waals surface area contributed by atoms with Crippen LogP contribution in [0.1, 0.15) is 78.5 Å². The molecule has 1 N–H and O–H groups in total. The van der Waals surface area contributed by atoms with Gasteiger partial charge >= 0.3 is 0 Å². The minimum Gasteiger partial charge on any atom is -0.512 e. The molecule has 5 aromatic rings. The van der Waals surface area contributed by atoms with Crippen molar-refractivity contribution in [3.8, 4) is 22.5 Å². The third-order valence-electron chi connectivity index (χ3n) is 9.19. The summed E-state index contributed by atoms with van der Waals surface area (Å²) in [6, 6.07) is 29.0. The van der Waals surface area contributed by atoms with Crippen LogP contribution in [0, 0.1) is 17.9 Å². The summed E-state index contributed by atoms with van der Waals surface area (Å²) >= 11 is 0. The Kier molecular flexibility index (Phi) is 11.1. The van der Waals surface area contributed by atoms with Crippen molar-refractivity contribution in [2.45, 2.75) is 72.6 Å². The van der Waals surface area contributed by atoms with E-state index in [4.69, 9.17) is 9.97 Å². The predicted molar refractivity (Wildman–Crippen MR) is 183 cm³/mol. The Balaban J connectivity index is 0.000000249. The minimum absolute atomic E-state index is 0. The Labute approximate surface area is 281 Å². The molecule has 0 unspecified atom stereocenters. The fourth-order valence-corrected chi connectivity index (χ4v) is 6.35. The first-order valence-corrected chi connectivity index (χ1v) is 16.0. The maximum Gasteiger partial charge on any atom is 0.162 e. The van der Waals surface area contributed by atoms with Gasteiger partial charge < -0.3 is 5.11 Å². The van der Waals surface area contributed by atoms with Crippen molar-refractivity contribution in [2.75, 3.05) is 0 Å². The Morgan fingerprint density at radius 1 is 0.867 bits per heavy atom. The number of fused-ring (bicyclic) bond motifs is 3. The molecule has 0 aliphatic heterocycles. The second-order valence-electron chi connectivity index (χ2n) is 12.2. The van der Waals surface area contributed by atoms with Crippen molar-refractivity contribution in [2.24, 2.45) is 11.8 Å². The molecule has 4 nitrogen and oxygen atoms in total. The SMILES string of the molecule is CC1(C)c2cc3ccccc3[c-]c2-c2nccc3cc(-c4ccccc4)nc1c23.CCC(CC)C(=O)/C=C(\O)C(CC)CC.[Ir]. The van der Waals surface area contributed by atoms with Crippen LogP contribution in [0.25, 0.3) is 44.1 Å². The molecule has 235 valence electrons. The molecule has 0 amide bonds. The Hall–Kier alpha value is -3.66. The number of carbonyl (C=O) groups is 1. The molecule has 0 fully saturated rings. The van der Waals surface area contributed by atoms with E-state index in [0.29, 0.717) is 0 Å². The number of allylic oxidation sites excluding steroid dienone is 2. The number of hydrogen-bond donors (Lipinski definition) is 1. The van der Waals surface area contributed by atoms with Gasteiger partial charge in [0.15, 0.2) is 5.78 Å². The van der Waals surface area contributed by atoms with Gasteiger partial charge in [-0.25, -0.2) is 0 Å². The van der Waals surface area contributed by atoms with Crippen LogP contribution in [-0.4, -0.2) is 20.9 Å². The van der Waals surface area contributed by atoms with Gasteiger partial charge in [-0.15, -0.1) is 23.6 Å². The van der Waals surface area contributed by atoms with Crippen LogP contribution < -0.4 is 0 Å². The van der Waals surface area contributed by atoms with Crippen molar-refractivity contribution in [3.05, 3.63) is 108 Å². The molecule has 0 bridgehead atoms. The van der Waals surface area contributed by atoms with Crippen LogP contribution in [0.2, 0.25) is 0 Å². The first-order valence-electron chi connectivity index (χ1n) is 16.0. The van der Waals surface area contributed by atoms with E-state index >= 15 is 0 Å². The van der Waals surface area contributed by atoms with E-state index in [1.165, 1.54) is 22.4 Å². The number of nitrogens with zero attached hydrogens (tertiary/aromatic N) is 2. The van der Waals surface area contributed by atoms with Gasteiger partial charge in [0.25, 0.3) is 0 Å². The van der Waals surface area contributed by atoms with E-state index in [2.05, 4.69) is 86.6 Å². The number of carbonyl (C=O) groups excluding carboxylic acids is 1. The monoisotopic (exact) mass is 776 g/mol. The van der Waals surface area contributed by atoms with E-state index in [9.17, 15) is 9.90 Å². The van der Waals surface area contributed by atoms with Gasteiger partial charge in [0, 0.05) is 66.6 Å². The normalized spacial score (nSPS) is 13.3. The van der Waals surface area contributed by atoms with Crippen molar-refractivity contribution < 1.29 is 30.0 Å². The predicted octanol–water partition coefficient (Wildman–Crippen LogP) is 10.4. The second kappa shape index (κ2) is 14.6. The zero-order valence-electron chi connectivity index (χ0n) is 27.1. The molecule has 6 rings (SSSR count). The van der Waals surface area contributed by atoms with E-state index in [1.807, 2.05) is 40.0 Å². The average Bonchev–Trinajstić information content (AvgIpc) is 3.04. The fraction of sp³-hybridized carbons (Fsp3) is 0.325. The van der Waals surface area contributed by atoms with Crippen LogP contribution in [-0.2, 0) is 30.3 Å². The Morgan fingerprint density at radius 3 is 2.18 bits per heavy atom. The number of pyridine rings is 2. The smallest absolute Gasteiger partial charge is 0.162 e. The maximum absolute atomic E-state index is 11.7. The van der Waals surface area contributed by atoms with Gasteiger partial charge in [-0.05, 0) is 48.6 Å². The van der Waals surface area contributed by atoms with Gasteiger partial charge in [0.05, 0.1) is 11.5 Å². The maximum atomic E-state index is 11.7. The molecule has 1 radical (unpaired) electrons. The number of aliphatic hydroxyl groups is 1. The summed E-state index contributed by atoms with van der Waals surface area (Å²) in [7, 11) is 0. The molecule has 0 saturated heterocycles. The average molecular weight is 776 g/mol. The first-order chi connectivity index (χ1) is 21.2. The second-order valence-corrected chi connectivity index (χ2v) is 12.2. The fourth-order valence-electron chi connectivity index (χ4n) is 6.35. The van der Waals surface area contributed by atoms with Crippen LogP contribution >= 0.6 is 0 Å². The van der Waals surface area contributed by atoms with Crippen molar-refractivity contribution in [1.82, 2.24) is 9.97 Å². The quantitative estimate of drug-likeness (QED) is 0.0969. The summed E-state index contributed by atoms with van der Waals surface area (Å²) < 4.78 is 0. The van der Waals surface area contributed by atoms with Crippen molar-refractivity contribution in [3.63, 3.8) is 0 Å². The van der Waals surface area contributed by atoms with Gasteiger partial charge in [0.1, 0.15) is 0 Å². The summed E-state index contributed by atoms with van der Waals surface area (Å²) in [4.78, 5) is 21.7. The molecular weight excluding hydrogens is 733 g/mol. The third kappa shape index (κ3) is 6.81. The Bertz CT molecular complexity index is 1820. The van der Waals surface area contributed by atoms with E-state index in [-0.39, 0.29) is 48.9 Å². The van der Waals surface area contributed by atoms with Gasteiger partial charge in [-0.3, -0.25) is 14.8 Å². The van der Waals surface area contributed by atoms with E-state index < -0.39 is 0 Å². The largest absolute Gasteiger partial charge is 0.512 e. The summed E-state index contributed by atoms with van der Waals surface area (Å²) in [5.74, 6) is 0.547. The zero-order valence-corrected chi connectivity index (χ0v) is 29.5. The minimum atomic E-state index is -0.241. The number of aliphatic hydroxyl groups excluding tert-OH is 1. The number of aromatic nitrogens is 2. The molecular formula is C40H43IrN2O2-. The van der Waals surface area contributed by atoms with E-state index in [1.54, 1.807) is 0 Å². The summed E-state index contributed by atoms with van der Waals surface area (Å²) in [5, 5.41) is 14.4. The van der Waals surface area contributed by atoms with Crippen LogP contribution in [0.4, 0.5) is 0 Å². The molecule has 3 aromatic carbocycles.